The van der Waals surface area contributed by atoms with Crippen LogP contribution in [0.5, 0.6) is 5.75 Å². The first-order valence-corrected chi connectivity index (χ1v) is 6.63. The number of hydrogen-bond acceptors (Lipinski definition) is 4. The standard InChI is InChI=1S/C11H13Br2NO3/c1-2-17-11(16)9(14)4-6-3-7(12)8(13)5-10(6)15/h3,5,9,15H,2,4,14H2,1H3. The van der Waals surface area contributed by atoms with Crippen molar-refractivity contribution < 1.29 is 14.6 Å². The van der Waals surface area contributed by atoms with Gasteiger partial charge in [0.1, 0.15) is 11.8 Å². The van der Waals surface area contributed by atoms with Crippen LogP contribution in [-0.4, -0.2) is 23.7 Å². The van der Waals surface area contributed by atoms with Crippen LogP contribution in [0.1, 0.15) is 12.5 Å². The van der Waals surface area contributed by atoms with Gasteiger partial charge in [0.05, 0.1) is 6.61 Å². The lowest BCUT2D eigenvalue weighted by atomic mass is 10.1. The lowest BCUT2D eigenvalue weighted by Gasteiger charge is -2.12. The van der Waals surface area contributed by atoms with Gasteiger partial charge in [-0.15, -0.1) is 0 Å². The zero-order valence-corrected chi connectivity index (χ0v) is 12.4. The average molecular weight is 367 g/mol. The second-order valence-electron chi connectivity index (χ2n) is 3.46. The van der Waals surface area contributed by atoms with E-state index in [-0.39, 0.29) is 12.2 Å². The van der Waals surface area contributed by atoms with Crippen molar-refractivity contribution in [1.29, 1.82) is 0 Å². The summed E-state index contributed by atoms with van der Waals surface area (Å²) in [6.07, 6.45) is 0.233. The van der Waals surface area contributed by atoms with Crippen LogP contribution in [0.3, 0.4) is 0 Å². The number of phenolic OH excluding ortho intramolecular Hbond substituents is 1. The van der Waals surface area contributed by atoms with Crippen molar-refractivity contribution in [2.75, 3.05) is 6.61 Å². The first-order valence-electron chi connectivity index (χ1n) is 5.04. The van der Waals surface area contributed by atoms with Gasteiger partial charge >= 0.3 is 5.97 Å². The van der Waals surface area contributed by atoms with E-state index in [2.05, 4.69) is 31.9 Å². The second-order valence-corrected chi connectivity index (χ2v) is 5.17. The predicted molar refractivity (Wildman–Crippen MR) is 71.8 cm³/mol. The number of halogens is 2. The van der Waals surface area contributed by atoms with Gasteiger partial charge < -0.3 is 15.6 Å². The summed E-state index contributed by atoms with van der Waals surface area (Å²) in [6.45, 7) is 2.01. The SMILES string of the molecule is CCOC(=O)C(N)Cc1cc(Br)c(Br)cc1O. The Kier molecular flexibility index (Phi) is 5.42. The number of hydrogen-bond donors (Lipinski definition) is 2. The summed E-state index contributed by atoms with van der Waals surface area (Å²) in [6, 6.07) is 2.50. The van der Waals surface area contributed by atoms with Crippen LogP contribution in [0, 0.1) is 0 Å². The Bertz CT molecular complexity index is 423. The first-order chi connectivity index (χ1) is 7.95. The maximum Gasteiger partial charge on any atom is 0.323 e. The van der Waals surface area contributed by atoms with E-state index in [1.165, 1.54) is 0 Å². The van der Waals surface area contributed by atoms with Crippen LogP contribution in [0.25, 0.3) is 0 Å². The monoisotopic (exact) mass is 365 g/mol. The van der Waals surface area contributed by atoms with Gasteiger partial charge in [0, 0.05) is 15.4 Å². The van der Waals surface area contributed by atoms with E-state index in [1.54, 1.807) is 19.1 Å². The Labute approximate surface area is 116 Å². The molecule has 1 atom stereocenters. The number of nitrogens with two attached hydrogens (primary N) is 1. The Morgan fingerprint density at radius 2 is 2.06 bits per heavy atom. The number of aromatic hydroxyl groups is 1. The third-order valence-electron chi connectivity index (χ3n) is 2.15. The summed E-state index contributed by atoms with van der Waals surface area (Å²) in [4.78, 5) is 11.4. The molecule has 0 bridgehead atoms. The topological polar surface area (TPSA) is 72.5 Å². The third-order valence-corrected chi connectivity index (χ3v) is 3.99. The van der Waals surface area contributed by atoms with E-state index in [0.29, 0.717) is 12.2 Å². The molecule has 0 heterocycles. The number of ether oxygens (including phenoxy) is 1. The van der Waals surface area contributed by atoms with Gasteiger partial charge in [-0.3, -0.25) is 4.79 Å². The van der Waals surface area contributed by atoms with Crippen LogP contribution in [0.4, 0.5) is 0 Å². The van der Waals surface area contributed by atoms with Crippen molar-refractivity contribution in [3.63, 3.8) is 0 Å². The molecule has 6 heteroatoms. The minimum absolute atomic E-state index is 0.0971. The zero-order chi connectivity index (χ0) is 13.0. The van der Waals surface area contributed by atoms with E-state index >= 15 is 0 Å². The fourth-order valence-electron chi connectivity index (χ4n) is 1.31. The van der Waals surface area contributed by atoms with Gasteiger partial charge in [-0.05, 0) is 56.5 Å². The zero-order valence-electron chi connectivity index (χ0n) is 9.24. The molecule has 4 nitrogen and oxygen atoms in total. The average Bonchev–Trinajstić information content (AvgIpc) is 2.26. The Morgan fingerprint density at radius 1 is 1.47 bits per heavy atom. The van der Waals surface area contributed by atoms with Crippen LogP contribution in [0.15, 0.2) is 21.1 Å². The fourth-order valence-corrected chi connectivity index (χ4v) is 2.03. The maximum absolute atomic E-state index is 11.4. The van der Waals surface area contributed by atoms with Gasteiger partial charge in [0.25, 0.3) is 0 Å². The lowest BCUT2D eigenvalue weighted by molar-refractivity contribution is -0.144. The number of rotatable bonds is 4. The van der Waals surface area contributed by atoms with Gasteiger partial charge in [-0.25, -0.2) is 0 Å². The highest BCUT2D eigenvalue weighted by molar-refractivity contribution is 9.13. The molecule has 17 heavy (non-hydrogen) atoms. The summed E-state index contributed by atoms with van der Waals surface area (Å²) in [5, 5.41) is 9.72. The third kappa shape index (κ3) is 3.97. The largest absolute Gasteiger partial charge is 0.508 e. The maximum atomic E-state index is 11.4. The molecule has 0 aliphatic heterocycles. The number of benzene rings is 1. The second kappa shape index (κ2) is 6.37. The molecule has 1 aromatic carbocycles. The van der Waals surface area contributed by atoms with Crippen molar-refractivity contribution in [1.82, 2.24) is 0 Å². The van der Waals surface area contributed by atoms with Crippen LogP contribution >= 0.6 is 31.9 Å². The van der Waals surface area contributed by atoms with Crippen LogP contribution in [-0.2, 0) is 16.0 Å². The van der Waals surface area contributed by atoms with E-state index in [0.717, 1.165) is 8.95 Å². The minimum atomic E-state index is -0.770. The molecule has 0 fully saturated rings. The lowest BCUT2D eigenvalue weighted by Crippen LogP contribution is -2.34. The molecular formula is C11H13Br2NO3. The summed E-state index contributed by atoms with van der Waals surface area (Å²) < 4.78 is 6.34. The van der Waals surface area contributed by atoms with E-state index < -0.39 is 12.0 Å². The van der Waals surface area contributed by atoms with Gasteiger partial charge in [0.2, 0.25) is 0 Å². The number of esters is 1. The van der Waals surface area contributed by atoms with Crippen LogP contribution in [0.2, 0.25) is 0 Å². The Balaban J connectivity index is 2.81. The molecular weight excluding hydrogens is 354 g/mol. The molecule has 94 valence electrons. The molecule has 0 saturated heterocycles. The first kappa shape index (κ1) is 14.5. The van der Waals surface area contributed by atoms with E-state index in [4.69, 9.17) is 10.5 Å². The molecule has 0 saturated carbocycles. The molecule has 0 radical (unpaired) electrons. The highest BCUT2D eigenvalue weighted by Crippen LogP contribution is 2.31. The highest BCUT2D eigenvalue weighted by atomic mass is 79.9. The van der Waals surface area contributed by atoms with Crippen molar-refractivity contribution >= 4 is 37.8 Å². The molecule has 0 aliphatic rings. The smallest absolute Gasteiger partial charge is 0.323 e. The summed E-state index contributed by atoms with van der Waals surface area (Å²) >= 11 is 6.59. The van der Waals surface area contributed by atoms with E-state index in [9.17, 15) is 9.90 Å². The van der Waals surface area contributed by atoms with Crippen LogP contribution < -0.4 is 5.73 Å². The van der Waals surface area contributed by atoms with Crippen molar-refractivity contribution in [3.8, 4) is 5.75 Å². The summed E-state index contributed by atoms with van der Waals surface area (Å²) in [5.74, 6) is -0.370. The van der Waals surface area contributed by atoms with Gasteiger partial charge in [-0.1, -0.05) is 0 Å². The molecule has 1 rings (SSSR count). The van der Waals surface area contributed by atoms with Gasteiger partial charge in [-0.2, -0.15) is 0 Å². The molecule has 1 unspecified atom stereocenters. The number of phenols is 1. The summed E-state index contributed by atoms with van der Waals surface area (Å²) in [5.41, 5.74) is 6.28. The molecule has 1 aromatic rings. The Morgan fingerprint density at radius 3 is 2.65 bits per heavy atom. The molecule has 0 aromatic heterocycles. The quantitative estimate of drug-likeness (QED) is 0.802. The fraction of sp³-hybridized carbons (Fsp3) is 0.364. The normalized spacial score (nSPS) is 12.2. The van der Waals surface area contributed by atoms with Crippen molar-refractivity contribution in [2.24, 2.45) is 5.73 Å². The molecule has 0 aliphatic carbocycles. The highest BCUT2D eigenvalue weighted by Gasteiger charge is 2.17. The molecule has 3 N–H and O–H groups in total. The summed E-state index contributed by atoms with van der Waals surface area (Å²) in [7, 11) is 0. The van der Waals surface area contributed by atoms with Gasteiger partial charge in [0.15, 0.2) is 0 Å². The predicted octanol–water partition coefficient (Wildman–Crippen LogP) is 2.35. The minimum Gasteiger partial charge on any atom is -0.508 e. The number of carbonyl (C=O) groups is 1. The van der Waals surface area contributed by atoms with Crippen molar-refractivity contribution in [3.05, 3.63) is 26.6 Å². The molecule has 0 amide bonds. The Hall–Kier alpha value is -0.590. The van der Waals surface area contributed by atoms with E-state index in [1.807, 2.05) is 0 Å². The van der Waals surface area contributed by atoms with Crippen molar-refractivity contribution in [2.45, 2.75) is 19.4 Å². The molecule has 0 spiro atoms. The number of carbonyl (C=O) groups excluding carboxylic acids is 1.